The van der Waals surface area contributed by atoms with Crippen molar-refractivity contribution in [2.45, 2.75) is 152 Å². The molecule has 12 aliphatic heterocycles. The lowest BCUT2D eigenvalue weighted by molar-refractivity contribution is 0.390. The molecule has 0 unspecified atom stereocenters. The monoisotopic (exact) mass is 1040 g/mol. The highest BCUT2D eigenvalue weighted by atomic mass is 16.3. The summed E-state index contributed by atoms with van der Waals surface area (Å²) in [5, 5.41) is 71.3. The van der Waals surface area contributed by atoms with Gasteiger partial charge in [-0.2, -0.15) is 0 Å². The number of hydrogen-bond acceptors (Lipinski definition) is 12. The number of rotatable bonds is 0. The molecule has 23 rings (SSSR count). The molecule has 6 aromatic carbocycles. The zero-order valence-corrected chi connectivity index (χ0v) is 44.0. The molecule has 6 aromatic rings. The van der Waals surface area contributed by atoms with E-state index in [1.165, 1.54) is 0 Å². The molecule has 17 aliphatic rings. The molecule has 0 spiro atoms. The average molecular weight is 1040 g/mol. The Kier molecular flexibility index (Phi) is 13.3. The third-order valence-corrected chi connectivity index (χ3v) is 17.9. The van der Waals surface area contributed by atoms with Gasteiger partial charge in [-0.05, 0) is 217 Å². The van der Waals surface area contributed by atoms with E-state index >= 15 is 0 Å². The summed E-state index contributed by atoms with van der Waals surface area (Å²) < 4.78 is 0. The van der Waals surface area contributed by atoms with Crippen LogP contribution < -0.4 is 0 Å². The molecule has 12 heterocycles. The fourth-order valence-electron chi connectivity index (χ4n) is 13.4. The molecule has 6 N–H and O–H groups in total. The van der Waals surface area contributed by atoms with Gasteiger partial charge in [-0.1, -0.05) is 38.5 Å². The van der Waals surface area contributed by atoms with Gasteiger partial charge in [-0.25, -0.2) is 0 Å². The van der Waals surface area contributed by atoms with Gasteiger partial charge in [0, 0.05) is 70.7 Å². The van der Waals surface area contributed by atoms with E-state index in [4.69, 9.17) is 30.0 Å². The third kappa shape index (κ3) is 10.0. The highest BCUT2D eigenvalue weighted by Gasteiger charge is 2.29. The first-order chi connectivity index (χ1) is 38.0. The summed E-state index contributed by atoms with van der Waals surface area (Å²) in [5.41, 5.74) is 15.1. The van der Waals surface area contributed by atoms with Gasteiger partial charge in [0.1, 0.15) is 34.5 Å². The summed E-state index contributed by atoms with van der Waals surface area (Å²) in [5.74, 6) is 0.719. The minimum absolute atomic E-state index is 0.120. The second-order valence-corrected chi connectivity index (χ2v) is 23.1. The van der Waals surface area contributed by atoms with Crippen molar-refractivity contribution in [1.29, 1.82) is 0 Å². The lowest BCUT2D eigenvalue weighted by atomic mass is 9.90. The molecule has 396 valence electrons. The third-order valence-electron chi connectivity index (χ3n) is 17.9. The van der Waals surface area contributed by atoms with Crippen LogP contribution in [0.5, 0.6) is 34.5 Å². The van der Waals surface area contributed by atoms with Gasteiger partial charge in [-0.3, -0.25) is 30.0 Å². The number of aromatic hydroxyl groups is 6. The predicted octanol–water partition coefficient (Wildman–Crippen LogP) is 11.3. The van der Waals surface area contributed by atoms with Crippen molar-refractivity contribution < 1.29 is 30.6 Å². The first kappa shape index (κ1) is 49.7. The lowest BCUT2D eigenvalue weighted by Gasteiger charge is -2.25. The van der Waals surface area contributed by atoms with Gasteiger partial charge in [0.15, 0.2) is 0 Å². The molecular formula is C66H66N6O6. The van der Waals surface area contributed by atoms with Gasteiger partial charge in [0.05, 0.1) is 36.3 Å². The van der Waals surface area contributed by atoms with Gasteiger partial charge in [0.2, 0.25) is 0 Å². The van der Waals surface area contributed by atoms with Crippen molar-refractivity contribution in [2.24, 2.45) is 30.0 Å². The Morgan fingerprint density at radius 1 is 0.218 bits per heavy atom. The zero-order valence-electron chi connectivity index (χ0n) is 44.0. The Morgan fingerprint density at radius 2 is 0.359 bits per heavy atom. The van der Waals surface area contributed by atoms with Gasteiger partial charge < -0.3 is 30.6 Å². The Labute approximate surface area is 455 Å². The van der Waals surface area contributed by atoms with Crippen LogP contribution in [-0.2, 0) is 38.5 Å². The Morgan fingerprint density at radius 3 is 0.513 bits per heavy atom. The van der Waals surface area contributed by atoms with Crippen LogP contribution in [0.2, 0.25) is 0 Å². The molecule has 0 aromatic heterocycles. The fraction of sp³-hybridized carbons (Fsp3) is 0.364. The predicted molar refractivity (Wildman–Crippen MR) is 309 cm³/mol. The van der Waals surface area contributed by atoms with Gasteiger partial charge >= 0.3 is 0 Å². The number of hydrogen-bond donors (Lipinski definition) is 6. The van der Waals surface area contributed by atoms with Crippen LogP contribution >= 0.6 is 0 Å². The molecule has 12 heteroatoms. The second-order valence-electron chi connectivity index (χ2n) is 23.1. The van der Waals surface area contributed by atoms with Crippen LogP contribution in [0.25, 0.3) is 0 Å². The Hall–Kier alpha value is -7.86. The van der Waals surface area contributed by atoms with E-state index in [-0.39, 0.29) is 70.7 Å². The van der Waals surface area contributed by atoms with Crippen LogP contribution in [-0.4, -0.2) is 104 Å². The average Bonchev–Trinajstić information content (AvgIpc) is 3.52. The smallest absolute Gasteiger partial charge is 0.124 e. The molecule has 0 amide bonds. The lowest BCUT2D eigenvalue weighted by Crippen LogP contribution is -2.27. The van der Waals surface area contributed by atoms with Crippen molar-refractivity contribution in [2.75, 3.05) is 0 Å². The normalized spacial score (nSPS) is 23.2. The second kappa shape index (κ2) is 20.8. The molecule has 12 nitrogen and oxygen atoms in total. The van der Waals surface area contributed by atoms with E-state index in [1.54, 1.807) is 37.3 Å². The van der Waals surface area contributed by atoms with Crippen LogP contribution in [0, 0.1) is 0 Å². The summed E-state index contributed by atoms with van der Waals surface area (Å²) in [6, 6.07) is 22.4. The van der Waals surface area contributed by atoms with E-state index in [1.807, 2.05) is 72.8 Å². The van der Waals surface area contributed by atoms with E-state index < -0.39 is 0 Å². The Bertz CT molecular complexity index is 2970. The van der Waals surface area contributed by atoms with E-state index in [0.29, 0.717) is 71.9 Å². The van der Waals surface area contributed by atoms with E-state index in [9.17, 15) is 30.6 Å². The molecular weight excluding hydrogens is 973 g/mol. The molecule has 0 saturated heterocycles. The molecule has 18 bridgehead atoms. The molecule has 3 fully saturated rings. The summed E-state index contributed by atoms with van der Waals surface area (Å²) in [6.07, 6.45) is 24.6. The van der Waals surface area contributed by atoms with Gasteiger partial charge in [-0.15, -0.1) is 0 Å². The number of nitrogens with zero attached hydrogens (tertiary/aromatic N) is 6. The van der Waals surface area contributed by atoms with Crippen molar-refractivity contribution in [3.05, 3.63) is 173 Å². The maximum Gasteiger partial charge on any atom is 0.124 e. The standard InChI is InChI=1S/C66H66N6O6/c73-61-25-43-15-39-21-51-33-69-57-9-3-5-11-59(57)72-36-54-24-42-18-48-30-66(78)53-23-41(48)16-45-26-62(74)50(20-38(45)14-46(42)28-64(54)76)32-68-56-8-2-1-7-55(56)67-31-49(61)19-37(43)13-44-27-63(75)52(22-40(44)17-47(39)29-65(51)77)34-70-58-10-4-6-12-60(58)71-35-53/h19-36,55-60,73-78H,1-18H2/t55-,56-,57-,58-,59-,60-/m1/s1. The van der Waals surface area contributed by atoms with Gasteiger partial charge in [0.25, 0.3) is 0 Å². The Balaban J connectivity index is 1.05. The quantitative estimate of drug-likeness (QED) is 0.0874. The molecule has 78 heavy (non-hydrogen) atoms. The maximum absolute atomic E-state index is 11.9. The van der Waals surface area contributed by atoms with E-state index in [0.717, 1.165) is 144 Å². The topological polar surface area (TPSA) is 196 Å². The number of aliphatic imine (C=N–C) groups is 6. The minimum atomic E-state index is -0.156. The largest absolute Gasteiger partial charge is 0.507 e. The molecule has 0 radical (unpaired) electrons. The SMILES string of the molecule is Oc1cc2c3cc1C=N[C@@H]1CCCC[C@H]1N=Cc1cc4c(cc1O)Cc1cc5c(O)cc1Cc1cc(c(O)cc1C4)C=N[C@@H]1CCCC[C@H]1N=Cc1cc(c(cc1O)Cc1cc(c(O)cc1C3)C=N[C@@H]1CCCC[C@H]1N=C5)C2. The maximum atomic E-state index is 11.9. The summed E-state index contributed by atoms with van der Waals surface area (Å²) >= 11 is 0. The summed E-state index contributed by atoms with van der Waals surface area (Å²) in [6.45, 7) is 0. The van der Waals surface area contributed by atoms with Crippen molar-refractivity contribution in [3.8, 4) is 34.5 Å². The van der Waals surface area contributed by atoms with Crippen LogP contribution in [0.4, 0.5) is 0 Å². The highest BCUT2D eigenvalue weighted by Crippen LogP contribution is 2.39. The minimum Gasteiger partial charge on any atom is -0.507 e. The number of phenols is 6. The first-order valence-electron chi connectivity index (χ1n) is 28.3. The van der Waals surface area contributed by atoms with Crippen LogP contribution in [0.3, 0.4) is 0 Å². The highest BCUT2D eigenvalue weighted by molar-refractivity contribution is 5.89. The fourth-order valence-corrected chi connectivity index (χ4v) is 13.4. The summed E-state index contributed by atoms with van der Waals surface area (Å²) in [4.78, 5) is 31.0. The summed E-state index contributed by atoms with van der Waals surface area (Å²) in [7, 11) is 0. The van der Waals surface area contributed by atoms with E-state index in [2.05, 4.69) is 0 Å². The first-order valence-corrected chi connectivity index (χ1v) is 28.3. The van der Waals surface area contributed by atoms with Crippen molar-refractivity contribution in [1.82, 2.24) is 0 Å². The zero-order chi connectivity index (χ0) is 53.0. The number of phenolic OH excluding ortho intramolecular Hbond substituents is 6. The number of benzene rings is 6. The molecule has 5 aliphatic carbocycles. The van der Waals surface area contributed by atoms with Crippen molar-refractivity contribution in [3.63, 3.8) is 0 Å². The van der Waals surface area contributed by atoms with Crippen molar-refractivity contribution >= 4 is 37.3 Å². The van der Waals surface area contributed by atoms with Crippen LogP contribution in [0.15, 0.2) is 103 Å². The molecule has 3 saturated carbocycles. The van der Waals surface area contributed by atoms with Crippen LogP contribution in [0.1, 0.15) is 177 Å². The molecule has 6 atom stereocenters.